The van der Waals surface area contributed by atoms with Gasteiger partial charge in [0, 0.05) is 34.6 Å². The molecule has 0 saturated heterocycles. The number of rotatable bonds is 5. The van der Waals surface area contributed by atoms with Crippen LogP contribution < -0.4 is 10.1 Å². The molecular formula is C20H19FN2O2. The molecule has 1 heterocycles. The SMILES string of the molecule is COc1cccc(C(=O)NCC2(c3c[nH]c4cc(F)ccc34)CC2)c1. The lowest BCUT2D eigenvalue weighted by atomic mass is 9.95. The molecule has 0 unspecified atom stereocenters. The van der Waals surface area contributed by atoms with Gasteiger partial charge in [-0.15, -0.1) is 0 Å². The van der Waals surface area contributed by atoms with Gasteiger partial charge in [-0.1, -0.05) is 6.07 Å². The predicted octanol–water partition coefficient (Wildman–Crippen LogP) is 3.78. The van der Waals surface area contributed by atoms with E-state index in [-0.39, 0.29) is 17.1 Å². The van der Waals surface area contributed by atoms with Crippen molar-refractivity contribution in [2.75, 3.05) is 13.7 Å². The van der Waals surface area contributed by atoms with Gasteiger partial charge in [0.25, 0.3) is 5.91 Å². The molecule has 0 bridgehead atoms. The fourth-order valence-corrected chi connectivity index (χ4v) is 3.35. The second kappa shape index (κ2) is 5.92. The number of hydrogen-bond acceptors (Lipinski definition) is 2. The number of H-pyrrole nitrogens is 1. The van der Waals surface area contributed by atoms with Crippen LogP contribution in [0.25, 0.3) is 10.9 Å². The number of carbonyl (C=O) groups is 1. The number of nitrogens with one attached hydrogen (secondary N) is 2. The maximum absolute atomic E-state index is 13.4. The van der Waals surface area contributed by atoms with Crippen molar-refractivity contribution in [2.45, 2.75) is 18.3 Å². The lowest BCUT2D eigenvalue weighted by molar-refractivity contribution is 0.0949. The number of amides is 1. The van der Waals surface area contributed by atoms with Gasteiger partial charge in [-0.3, -0.25) is 4.79 Å². The van der Waals surface area contributed by atoms with E-state index in [0.29, 0.717) is 17.9 Å². The van der Waals surface area contributed by atoms with E-state index in [1.807, 2.05) is 12.3 Å². The van der Waals surface area contributed by atoms with E-state index in [9.17, 15) is 9.18 Å². The van der Waals surface area contributed by atoms with Gasteiger partial charge in [-0.2, -0.15) is 0 Å². The summed E-state index contributed by atoms with van der Waals surface area (Å²) in [5, 5.41) is 4.06. The highest BCUT2D eigenvalue weighted by atomic mass is 19.1. The van der Waals surface area contributed by atoms with Crippen molar-refractivity contribution in [3.63, 3.8) is 0 Å². The van der Waals surface area contributed by atoms with E-state index in [1.165, 1.54) is 12.1 Å². The topological polar surface area (TPSA) is 54.1 Å². The van der Waals surface area contributed by atoms with Crippen molar-refractivity contribution in [3.05, 3.63) is 65.6 Å². The monoisotopic (exact) mass is 338 g/mol. The molecule has 3 aromatic rings. The zero-order valence-corrected chi connectivity index (χ0v) is 13.9. The smallest absolute Gasteiger partial charge is 0.251 e. The van der Waals surface area contributed by atoms with Crippen LogP contribution in [0.15, 0.2) is 48.7 Å². The molecule has 1 fully saturated rings. The van der Waals surface area contributed by atoms with E-state index >= 15 is 0 Å². The first-order valence-electron chi connectivity index (χ1n) is 8.31. The van der Waals surface area contributed by atoms with Gasteiger partial charge in [0.05, 0.1) is 7.11 Å². The van der Waals surface area contributed by atoms with Crippen molar-refractivity contribution in [1.82, 2.24) is 10.3 Å². The molecule has 2 N–H and O–H groups in total. The van der Waals surface area contributed by atoms with Crippen LogP contribution >= 0.6 is 0 Å². The first-order valence-corrected chi connectivity index (χ1v) is 8.31. The van der Waals surface area contributed by atoms with E-state index in [1.54, 1.807) is 31.4 Å². The third-order valence-electron chi connectivity index (χ3n) is 4.99. The van der Waals surface area contributed by atoms with Crippen molar-refractivity contribution in [3.8, 4) is 5.75 Å². The van der Waals surface area contributed by atoms with E-state index in [0.717, 1.165) is 29.3 Å². The second-order valence-electron chi connectivity index (χ2n) is 6.59. The molecule has 1 aliphatic carbocycles. The first kappa shape index (κ1) is 15.7. The zero-order valence-electron chi connectivity index (χ0n) is 13.9. The van der Waals surface area contributed by atoms with Crippen molar-refractivity contribution in [2.24, 2.45) is 0 Å². The van der Waals surface area contributed by atoms with Gasteiger partial charge in [0.2, 0.25) is 0 Å². The largest absolute Gasteiger partial charge is 0.497 e. The van der Waals surface area contributed by atoms with Crippen LogP contribution in [0.1, 0.15) is 28.8 Å². The van der Waals surface area contributed by atoms with E-state index in [4.69, 9.17) is 4.74 Å². The number of hydrogen-bond donors (Lipinski definition) is 2. The molecule has 25 heavy (non-hydrogen) atoms. The standard InChI is InChI=1S/C20H19FN2O2/c1-25-15-4-2-3-13(9-15)19(24)23-12-20(7-8-20)17-11-22-18-10-14(21)5-6-16(17)18/h2-6,9-11,22H,7-8,12H2,1H3,(H,23,24). The molecule has 0 aliphatic heterocycles. The highest BCUT2D eigenvalue weighted by molar-refractivity contribution is 5.94. The van der Waals surface area contributed by atoms with Gasteiger partial charge in [-0.25, -0.2) is 4.39 Å². The minimum atomic E-state index is -0.253. The number of methoxy groups -OCH3 is 1. The Bertz CT molecular complexity index is 944. The normalized spacial score (nSPS) is 15.1. The van der Waals surface area contributed by atoms with Crippen LogP contribution in [-0.2, 0) is 5.41 Å². The summed E-state index contributed by atoms with van der Waals surface area (Å²) in [4.78, 5) is 15.6. The van der Waals surface area contributed by atoms with Gasteiger partial charge in [0.15, 0.2) is 0 Å². The number of halogens is 1. The Morgan fingerprint density at radius 1 is 1.28 bits per heavy atom. The quantitative estimate of drug-likeness (QED) is 0.744. The molecular weight excluding hydrogens is 319 g/mol. The third-order valence-corrected chi connectivity index (χ3v) is 4.99. The Labute approximate surface area is 145 Å². The Kier molecular flexibility index (Phi) is 3.71. The highest BCUT2D eigenvalue weighted by Crippen LogP contribution is 2.50. The fourth-order valence-electron chi connectivity index (χ4n) is 3.35. The minimum Gasteiger partial charge on any atom is -0.497 e. The van der Waals surface area contributed by atoms with Gasteiger partial charge in [-0.05, 0) is 54.8 Å². The lowest BCUT2D eigenvalue weighted by Crippen LogP contribution is -2.32. The summed E-state index contributed by atoms with van der Waals surface area (Å²) in [5.41, 5.74) is 2.45. The van der Waals surface area contributed by atoms with Gasteiger partial charge < -0.3 is 15.0 Å². The summed E-state index contributed by atoms with van der Waals surface area (Å²) in [6, 6.07) is 11.9. The molecule has 0 atom stereocenters. The number of fused-ring (bicyclic) bond motifs is 1. The molecule has 0 radical (unpaired) electrons. The van der Waals surface area contributed by atoms with Crippen LogP contribution in [0.2, 0.25) is 0 Å². The maximum Gasteiger partial charge on any atom is 0.251 e. The molecule has 1 aliphatic rings. The number of ether oxygens (including phenoxy) is 1. The molecule has 5 heteroatoms. The first-order chi connectivity index (χ1) is 12.1. The Morgan fingerprint density at radius 3 is 2.88 bits per heavy atom. The summed E-state index contributed by atoms with van der Waals surface area (Å²) in [6.07, 6.45) is 3.96. The van der Waals surface area contributed by atoms with Gasteiger partial charge in [0.1, 0.15) is 11.6 Å². The number of aromatic amines is 1. The summed E-state index contributed by atoms with van der Waals surface area (Å²) in [5.74, 6) is 0.292. The Balaban J connectivity index is 1.52. The molecule has 4 nitrogen and oxygen atoms in total. The van der Waals surface area contributed by atoms with Crippen molar-refractivity contribution in [1.29, 1.82) is 0 Å². The van der Waals surface area contributed by atoms with Crippen molar-refractivity contribution >= 4 is 16.8 Å². The van der Waals surface area contributed by atoms with Crippen molar-refractivity contribution < 1.29 is 13.9 Å². The number of carbonyl (C=O) groups excluding carboxylic acids is 1. The molecule has 4 rings (SSSR count). The van der Waals surface area contributed by atoms with Crippen LogP contribution in [-0.4, -0.2) is 24.5 Å². The summed E-state index contributed by atoms with van der Waals surface area (Å²) in [7, 11) is 1.58. The summed E-state index contributed by atoms with van der Waals surface area (Å²) in [6.45, 7) is 0.563. The van der Waals surface area contributed by atoms with Gasteiger partial charge >= 0.3 is 0 Å². The Morgan fingerprint density at radius 2 is 2.12 bits per heavy atom. The van der Waals surface area contributed by atoms with Crippen LogP contribution in [0.3, 0.4) is 0 Å². The summed E-state index contributed by atoms with van der Waals surface area (Å²) < 4.78 is 18.5. The Hall–Kier alpha value is -2.82. The molecule has 1 amide bonds. The fraction of sp³-hybridized carbons (Fsp3) is 0.250. The second-order valence-corrected chi connectivity index (χ2v) is 6.59. The van der Waals surface area contributed by atoms with Crippen LogP contribution in [0, 0.1) is 5.82 Å². The zero-order chi connectivity index (χ0) is 17.4. The molecule has 1 saturated carbocycles. The molecule has 1 aromatic heterocycles. The number of aromatic nitrogens is 1. The number of benzene rings is 2. The van der Waals surface area contributed by atoms with Crippen LogP contribution in [0.5, 0.6) is 5.75 Å². The van der Waals surface area contributed by atoms with Crippen LogP contribution in [0.4, 0.5) is 4.39 Å². The molecule has 128 valence electrons. The lowest BCUT2D eigenvalue weighted by Gasteiger charge is -2.16. The molecule has 0 spiro atoms. The average Bonchev–Trinajstić information content (AvgIpc) is 3.31. The predicted molar refractivity (Wildman–Crippen MR) is 94.5 cm³/mol. The summed E-state index contributed by atoms with van der Waals surface area (Å²) >= 11 is 0. The van der Waals surface area contributed by atoms with E-state index in [2.05, 4.69) is 10.3 Å². The van der Waals surface area contributed by atoms with E-state index < -0.39 is 0 Å². The molecule has 2 aromatic carbocycles. The third kappa shape index (κ3) is 2.86. The average molecular weight is 338 g/mol. The minimum absolute atomic E-state index is 0.0649. The maximum atomic E-state index is 13.4. The highest BCUT2D eigenvalue weighted by Gasteiger charge is 2.45.